The first kappa shape index (κ1) is 16.4. The maximum atomic E-state index is 13.4. The molecule has 2 aromatic heterocycles. The number of nitrogens with zero attached hydrogens (tertiary/aromatic N) is 6. The summed E-state index contributed by atoms with van der Waals surface area (Å²) >= 11 is 0. The van der Waals surface area contributed by atoms with Crippen LogP contribution in [0.5, 0.6) is 0 Å². The van der Waals surface area contributed by atoms with Gasteiger partial charge in [0.2, 0.25) is 0 Å². The van der Waals surface area contributed by atoms with Crippen LogP contribution in [0.15, 0.2) is 48.8 Å². The van der Waals surface area contributed by atoms with Gasteiger partial charge in [0.1, 0.15) is 0 Å². The van der Waals surface area contributed by atoms with Crippen molar-refractivity contribution in [3.63, 3.8) is 0 Å². The van der Waals surface area contributed by atoms with Crippen molar-refractivity contribution in [3.05, 3.63) is 65.7 Å². The van der Waals surface area contributed by atoms with E-state index in [2.05, 4.69) is 20.5 Å². The van der Waals surface area contributed by atoms with Gasteiger partial charge in [-0.1, -0.05) is 18.2 Å². The minimum absolute atomic E-state index is 0.00375. The number of benzene rings is 1. The van der Waals surface area contributed by atoms with Crippen molar-refractivity contribution in [3.8, 4) is 5.69 Å². The standard InChI is InChI=1S/C19H20N6O/c1-14-21-22-23-25(14)18-10-3-2-8-16(18)19(26)24-12-5-4-9-17(24)15-7-6-11-20-13-15/h2-3,6-8,10-11,13,17H,4-5,9,12H2,1H3/t17-/m0/s1. The molecule has 1 aliphatic heterocycles. The number of tetrazole rings is 1. The molecule has 0 aliphatic carbocycles. The maximum Gasteiger partial charge on any atom is 0.256 e. The highest BCUT2D eigenvalue weighted by Crippen LogP contribution is 2.32. The van der Waals surface area contributed by atoms with E-state index in [0.717, 1.165) is 31.4 Å². The first-order valence-electron chi connectivity index (χ1n) is 8.81. The van der Waals surface area contributed by atoms with Crippen LogP contribution < -0.4 is 0 Å². The van der Waals surface area contributed by atoms with Gasteiger partial charge in [0.15, 0.2) is 5.82 Å². The highest BCUT2D eigenvalue weighted by molar-refractivity contribution is 5.98. The summed E-state index contributed by atoms with van der Waals surface area (Å²) in [5, 5.41) is 11.7. The molecule has 7 heteroatoms. The van der Waals surface area contributed by atoms with E-state index in [1.54, 1.807) is 10.9 Å². The summed E-state index contributed by atoms with van der Waals surface area (Å²) in [6.45, 7) is 2.56. The Morgan fingerprint density at radius 3 is 2.81 bits per heavy atom. The van der Waals surface area contributed by atoms with Crippen LogP contribution in [-0.4, -0.2) is 42.5 Å². The number of likely N-dealkylation sites (tertiary alicyclic amines) is 1. The first-order valence-corrected chi connectivity index (χ1v) is 8.81. The molecule has 1 atom stereocenters. The van der Waals surface area contributed by atoms with Crippen molar-refractivity contribution < 1.29 is 4.79 Å². The average molecular weight is 348 g/mol. The zero-order valence-electron chi connectivity index (χ0n) is 14.6. The van der Waals surface area contributed by atoms with Gasteiger partial charge in [-0.2, -0.15) is 4.68 Å². The molecule has 0 spiro atoms. The number of rotatable bonds is 3. The number of aromatic nitrogens is 5. The Morgan fingerprint density at radius 1 is 1.15 bits per heavy atom. The van der Waals surface area contributed by atoms with Crippen molar-refractivity contribution in [2.24, 2.45) is 0 Å². The highest BCUT2D eigenvalue weighted by Gasteiger charge is 2.30. The van der Waals surface area contributed by atoms with Crippen molar-refractivity contribution in [1.29, 1.82) is 0 Å². The summed E-state index contributed by atoms with van der Waals surface area (Å²) in [6, 6.07) is 11.5. The van der Waals surface area contributed by atoms with Crippen LogP contribution in [0.25, 0.3) is 5.69 Å². The third-order valence-corrected chi connectivity index (χ3v) is 4.82. The Balaban J connectivity index is 1.72. The number of hydrogen-bond donors (Lipinski definition) is 0. The largest absolute Gasteiger partial charge is 0.331 e. The quantitative estimate of drug-likeness (QED) is 0.727. The minimum Gasteiger partial charge on any atom is -0.331 e. The molecule has 1 aromatic carbocycles. The lowest BCUT2D eigenvalue weighted by Gasteiger charge is -2.36. The smallest absolute Gasteiger partial charge is 0.256 e. The molecular weight excluding hydrogens is 328 g/mol. The number of aryl methyl sites for hydroxylation is 1. The second kappa shape index (κ2) is 7.03. The molecule has 26 heavy (non-hydrogen) atoms. The van der Waals surface area contributed by atoms with E-state index in [1.807, 2.05) is 54.4 Å². The van der Waals surface area contributed by atoms with Gasteiger partial charge in [-0.15, -0.1) is 5.10 Å². The molecule has 0 saturated carbocycles. The van der Waals surface area contributed by atoms with Crippen LogP contribution in [0.4, 0.5) is 0 Å². The topological polar surface area (TPSA) is 76.8 Å². The Hall–Kier alpha value is -3.09. The molecule has 1 aliphatic rings. The molecule has 3 heterocycles. The normalized spacial score (nSPS) is 17.3. The molecule has 1 fully saturated rings. The fraction of sp³-hybridized carbons (Fsp3) is 0.316. The summed E-state index contributed by atoms with van der Waals surface area (Å²) < 4.78 is 1.61. The van der Waals surface area contributed by atoms with E-state index in [9.17, 15) is 4.79 Å². The number of amides is 1. The number of para-hydroxylation sites is 1. The second-order valence-corrected chi connectivity index (χ2v) is 6.45. The van der Waals surface area contributed by atoms with Gasteiger partial charge in [-0.3, -0.25) is 9.78 Å². The Kier molecular flexibility index (Phi) is 4.43. The lowest BCUT2D eigenvalue weighted by Crippen LogP contribution is -2.39. The molecule has 0 bridgehead atoms. The van der Waals surface area contributed by atoms with E-state index in [1.165, 1.54) is 0 Å². The molecular formula is C19H20N6O. The van der Waals surface area contributed by atoms with Gasteiger partial charge < -0.3 is 4.90 Å². The van der Waals surface area contributed by atoms with Gasteiger partial charge in [-0.25, -0.2) is 0 Å². The SMILES string of the molecule is Cc1nnnn1-c1ccccc1C(=O)N1CCCC[C@H]1c1cccnc1. The molecule has 0 unspecified atom stereocenters. The third kappa shape index (κ3) is 2.96. The number of carbonyl (C=O) groups is 1. The maximum absolute atomic E-state index is 13.4. The lowest BCUT2D eigenvalue weighted by molar-refractivity contribution is 0.0611. The van der Waals surface area contributed by atoms with E-state index >= 15 is 0 Å². The molecule has 1 saturated heterocycles. The van der Waals surface area contributed by atoms with E-state index in [0.29, 0.717) is 17.1 Å². The molecule has 4 rings (SSSR count). The second-order valence-electron chi connectivity index (χ2n) is 6.45. The van der Waals surface area contributed by atoms with E-state index < -0.39 is 0 Å². The van der Waals surface area contributed by atoms with Crippen LogP contribution in [0.2, 0.25) is 0 Å². The number of hydrogen-bond acceptors (Lipinski definition) is 5. The fourth-order valence-corrected chi connectivity index (χ4v) is 3.54. The van der Waals surface area contributed by atoms with Crippen molar-refractivity contribution in [1.82, 2.24) is 30.1 Å². The molecule has 7 nitrogen and oxygen atoms in total. The third-order valence-electron chi connectivity index (χ3n) is 4.82. The predicted octanol–water partition coefficient (Wildman–Crippen LogP) is 2.73. The Bertz CT molecular complexity index is 907. The fourth-order valence-electron chi connectivity index (χ4n) is 3.54. The molecule has 132 valence electrons. The minimum atomic E-state index is 0.00375. The van der Waals surface area contributed by atoms with Gasteiger partial charge in [0.25, 0.3) is 5.91 Å². The van der Waals surface area contributed by atoms with E-state index in [-0.39, 0.29) is 11.9 Å². The molecule has 3 aromatic rings. The van der Waals surface area contributed by atoms with Crippen LogP contribution in [-0.2, 0) is 0 Å². The van der Waals surface area contributed by atoms with Gasteiger partial charge in [-0.05, 0) is 60.4 Å². The van der Waals surface area contributed by atoms with Gasteiger partial charge >= 0.3 is 0 Å². The molecule has 1 amide bonds. The highest BCUT2D eigenvalue weighted by atomic mass is 16.2. The first-order chi connectivity index (χ1) is 12.8. The number of pyridine rings is 1. The van der Waals surface area contributed by atoms with Crippen LogP contribution in [0.3, 0.4) is 0 Å². The summed E-state index contributed by atoms with van der Waals surface area (Å²) in [5.74, 6) is 0.650. The van der Waals surface area contributed by atoms with Crippen molar-refractivity contribution in [2.75, 3.05) is 6.54 Å². The van der Waals surface area contributed by atoms with Gasteiger partial charge in [0, 0.05) is 18.9 Å². The molecule has 0 radical (unpaired) electrons. The Labute approximate surface area is 151 Å². The number of piperidine rings is 1. The van der Waals surface area contributed by atoms with Crippen molar-refractivity contribution >= 4 is 5.91 Å². The summed E-state index contributed by atoms with van der Waals surface area (Å²) in [4.78, 5) is 19.6. The number of carbonyl (C=O) groups excluding carboxylic acids is 1. The Morgan fingerprint density at radius 2 is 2.04 bits per heavy atom. The van der Waals surface area contributed by atoms with E-state index in [4.69, 9.17) is 0 Å². The summed E-state index contributed by atoms with van der Waals surface area (Å²) in [6.07, 6.45) is 6.68. The monoisotopic (exact) mass is 348 g/mol. The predicted molar refractivity (Wildman–Crippen MR) is 95.8 cm³/mol. The average Bonchev–Trinajstić information content (AvgIpc) is 3.14. The van der Waals surface area contributed by atoms with Crippen molar-refractivity contribution in [2.45, 2.75) is 32.2 Å². The summed E-state index contributed by atoms with van der Waals surface area (Å²) in [5.41, 5.74) is 2.39. The zero-order chi connectivity index (χ0) is 17.9. The van der Waals surface area contributed by atoms with Crippen LogP contribution in [0.1, 0.15) is 47.1 Å². The summed E-state index contributed by atoms with van der Waals surface area (Å²) in [7, 11) is 0. The molecule has 0 N–H and O–H groups in total. The lowest BCUT2D eigenvalue weighted by atomic mass is 9.95. The van der Waals surface area contributed by atoms with Gasteiger partial charge in [0.05, 0.1) is 17.3 Å². The zero-order valence-corrected chi connectivity index (χ0v) is 14.6. The van der Waals surface area contributed by atoms with Crippen LogP contribution in [0, 0.1) is 6.92 Å². The van der Waals surface area contributed by atoms with Crippen LogP contribution >= 0.6 is 0 Å².